The Balaban J connectivity index is 1.52. The summed E-state index contributed by atoms with van der Waals surface area (Å²) in [6.45, 7) is 3.86. The van der Waals surface area contributed by atoms with Crippen molar-refractivity contribution in [3.8, 4) is 0 Å². The molecule has 0 bridgehead atoms. The highest BCUT2D eigenvalue weighted by Gasteiger charge is 2.28. The number of β-amino-alcohol motifs (C(OH)–C–C–N with tert-alkyl or cyclic N) is 1. The summed E-state index contributed by atoms with van der Waals surface area (Å²) >= 11 is 0. The first-order chi connectivity index (χ1) is 7.78. The van der Waals surface area contributed by atoms with Crippen molar-refractivity contribution in [2.75, 3.05) is 33.3 Å². The molecule has 0 aromatic heterocycles. The molecule has 94 valence electrons. The minimum absolute atomic E-state index is 0.223. The maximum atomic E-state index is 9.87. The number of likely N-dealkylation sites (tertiary alicyclic amines) is 1. The molecule has 0 aromatic carbocycles. The molecule has 16 heavy (non-hydrogen) atoms. The topological polar surface area (TPSA) is 44.7 Å². The normalized spacial score (nSPS) is 32.6. The third-order valence-corrected chi connectivity index (χ3v) is 3.74. The van der Waals surface area contributed by atoms with Gasteiger partial charge in [-0.1, -0.05) is 0 Å². The lowest BCUT2D eigenvalue weighted by atomic mass is 9.89. The van der Waals surface area contributed by atoms with Crippen LogP contribution in [0.15, 0.2) is 0 Å². The van der Waals surface area contributed by atoms with Gasteiger partial charge in [-0.05, 0) is 38.8 Å². The number of rotatable bonds is 6. The summed E-state index contributed by atoms with van der Waals surface area (Å²) in [5, 5.41) is 13.3. The van der Waals surface area contributed by atoms with Gasteiger partial charge < -0.3 is 20.1 Å². The summed E-state index contributed by atoms with van der Waals surface area (Å²) in [5.74, 6) is 0. The maximum absolute atomic E-state index is 9.87. The molecular formula is C12H24N2O2. The van der Waals surface area contributed by atoms with Gasteiger partial charge in [-0.3, -0.25) is 0 Å². The van der Waals surface area contributed by atoms with Crippen LogP contribution in [0.2, 0.25) is 0 Å². The number of aliphatic hydroxyl groups excluding tert-OH is 1. The molecule has 0 aromatic rings. The van der Waals surface area contributed by atoms with Crippen molar-refractivity contribution < 1.29 is 9.84 Å². The number of nitrogens with one attached hydrogen (secondary N) is 1. The predicted octanol–water partition coefficient (Wildman–Crippen LogP) is 0.210. The Hall–Kier alpha value is -0.160. The van der Waals surface area contributed by atoms with Crippen molar-refractivity contribution >= 4 is 0 Å². The van der Waals surface area contributed by atoms with E-state index in [2.05, 4.69) is 10.2 Å². The van der Waals surface area contributed by atoms with Gasteiger partial charge in [0, 0.05) is 26.2 Å². The molecule has 0 amide bonds. The number of hydrogen-bond donors (Lipinski definition) is 2. The van der Waals surface area contributed by atoms with Gasteiger partial charge in [-0.2, -0.15) is 0 Å². The molecule has 2 fully saturated rings. The monoisotopic (exact) mass is 228 g/mol. The minimum atomic E-state index is -0.223. The molecule has 1 aliphatic heterocycles. The second-order valence-electron chi connectivity index (χ2n) is 5.10. The number of hydrogen-bond acceptors (Lipinski definition) is 4. The van der Waals surface area contributed by atoms with Gasteiger partial charge in [0.25, 0.3) is 0 Å². The van der Waals surface area contributed by atoms with E-state index >= 15 is 0 Å². The standard InChI is InChI=1S/C12H24N2O2/c1-16-12-6-10(7-12)13-8-11(15)9-14-4-2-3-5-14/h10-13,15H,2-9H2,1H3. The quantitative estimate of drug-likeness (QED) is 0.682. The van der Waals surface area contributed by atoms with Crippen LogP contribution < -0.4 is 5.32 Å². The van der Waals surface area contributed by atoms with Crippen molar-refractivity contribution in [3.63, 3.8) is 0 Å². The highest BCUT2D eigenvalue weighted by Crippen LogP contribution is 2.22. The number of nitrogens with zero attached hydrogens (tertiary/aromatic N) is 1. The molecular weight excluding hydrogens is 204 g/mol. The Labute approximate surface area is 98.0 Å². The van der Waals surface area contributed by atoms with Crippen molar-refractivity contribution in [1.82, 2.24) is 10.2 Å². The smallest absolute Gasteiger partial charge is 0.0791 e. The van der Waals surface area contributed by atoms with Gasteiger partial charge >= 0.3 is 0 Å². The molecule has 4 heteroatoms. The second-order valence-corrected chi connectivity index (χ2v) is 5.10. The molecule has 0 spiro atoms. The molecule has 2 N–H and O–H groups in total. The second kappa shape index (κ2) is 5.96. The first-order valence-electron chi connectivity index (χ1n) is 6.44. The van der Waals surface area contributed by atoms with E-state index < -0.39 is 0 Å². The van der Waals surface area contributed by atoms with Crippen LogP contribution in [0.1, 0.15) is 25.7 Å². The molecule has 1 heterocycles. The summed E-state index contributed by atoms with van der Waals surface area (Å²) in [6, 6.07) is 0.554. The number of aliphatic hydroxyl groups is 1. The third-order valence-electron chi connectivity index (χ3n) is 3.74. The minimum Gasteiger partial charge on any atom is -0.390 e. The zero-order valence-corrected chi connectivity index (χ0v) is 10.2. The molecule has 1 saturated heterocycles. The summed E-state index contributed by atoms with van der Waals surface area (Å²) in [7, 11) is 1.77. The van der Waals surface area contributed by atoms with Crippen molar-refractivity contribution in [1.29, 1.82) is 0 Å². The number of methoxy groups -OCH3 is 1. The van der Waals surface area contributed by atoms with Crippen LogP contribution in [0.25, 0.3) is 0 Å². The van der Waals surface area contributed by atoms with Crippen LogP contribution in [0.5, 0.6) is 0 Å². The molecule has 1 unspecified atom stereocenters. The average molecular weight is 228 g/mol. The Kier molecular flexibility index (Phi) is 4.58. The van der Waals surface area contributed by atoms with E-state index in [4.69, 9.17) is 4.74 Å². The zero-order chi connectivity index (χ0) is 11.4. The molecule has 2 rings (SSSR count). The van der Waals surface area contributed by atoms with Crippen LogP contribution in [-0.2, 0) is 4.74 Å². The zero-order valence-electron chi connectivity index (χ0n) is 10.2. The van der Waals surface area contributed by atoms with Crippen molar-refractivity contribution in [2.45, 2.75) is 43.9 Å². The summed E-state index contributed by atoms with van der Waals surface area (Å²) in [4.78, 5) is 2.35. The molecule has 4 nitrogen and oxygen atoms in total. The lowest BCUT2D eigenvalue weighted by Gasteiger charge is -2.35. The van der Waals surface area contributed by atoms with Crippen LogP contribution in [0.3, 0.4) is 0 Å². The fraction of sp³-hybridized carbons (Fsp3) is 1.00. The van der Waals surface area contributed by atoms with E-state index in [9.17, 15) is 5.11 Å². The Morgan fingerprint density at radius 1 is 1.38 bits per heavy atom. The van der Waals surface area contributed by atoms with Crippen molar-refractivity contribution in [2.24, 2.45) is 0 Å². The van der Waals surface area contributed by atoms with Gasteiger partial charge in [0.15, 0.2) is 0 Å². The average Bonchev–Trinajstić information content (AvgIpc) is 2.68. The molecule has 1 atom stereocenters. The predicted molar refractivity (Wildman–Crippen MR) is 63.5 cm³/mol. The van der Waals surface area contributed by atoms with Gasteiger partial charge in [0.2, 0.25) is 0 Å². The summed E-state index contributed by atoms with van der Waals surface area (Å²) in [6.07, 6.45) is 4.98. The van der Waals surface area contributed by atoms with E-state index in [-0.39, 0.29) is 6.10 Å². The van der Waals surface area contributed by atoms with Crippen LogP contribution in [-0.4, -0.2) is 61.5 Å². The first-order valence-corrected chi connectivity index (χ1v) is 6.44. The summed E-state index contributed by atoms with van der Waals surface area (Å²) in [5.41, 5.74) is 0. The fourth-order valence-electron chi connectivity index (χ4n) is 2.56. The van der Waals surface area contributed by atoms with E-state index in [1.807, 2.05) is 0 Å². The van der Waals surface area contributed by atoms with Crippen LogP contribution in [0.4, 0.5) is 0 Å². The molecule has 1 aliphatic carbocycles. The lowest BCUT2D eigenvalue weighted by Crippen LogP contribution is -2.48. The van der Waals surface area contributed by atoms with E-state index in [0.717, 1.165) is 39.0 Å². The highest BCUT2D eigenvalue weighted by molar-refractivity contribution is 4.86. The van der Waals surface area contributed by atoms with Gasteiger partial charge in [0.1, 0.15) is 0 Å². The van der Waals surface area contributed by atoms with E-state index in [1.165, 1.54) is 12.8 Å². The summed E-state index contributed by atoms with van der Waals surface area (Å²) < 4.78 is 5.22. The Morgan fingerprint density at radius 2 is 2.06 bits per heavy atom. The highest BCUT2D eigenvalue weighted by atomic mass is 16.5. The lowest BCUT2D eigenvalue weighted by molar-refractivity contribution is 0.0126. The van der Waals surface area contributed by atoms with E-state index in [0.29, 0.717) is 12.1 Å². The van der Waals surface area contributed by atoms with Gasteiger partial charge in [0.05, 0.1) is 12.2 Å². The van der Waals surface area contributed by atoms with Crippen LogP contribution >= 0.6 is 0 Å². The molecule has 1 saturated carbocycles. The largest absolute Gasteiger partial charge is 0.390 e. The van der Waals surface area contributed by atoms with Gasteiger partial charge in [-0.25, -0.2) is 0 Å². The first kappa shape index (κ1) is 12.3. The fourth-order valence-corrected chi connectivity index (χ4v) is 2.56. The van der Waals surface area contributed by atoms with E-state index in [1.54, 1.807) is 7.11 Å². The maximum Gasteiger partial charge on any atom is 0.0791 e. The Morgan fingerprint density at radius 3 is 2.69 bits per heavy atom. The number of ether oxygens (including phenoxy) is 1. The van der Waals surface area contributed by atoms with Gasteiger partial charge in [-0.15, -0.1) is 0 Å². The molecule has 0 radical (unpaired) electrons. The SMILES string of the molecule is COC1CC(NCC(O)CN2CCCC2)C1. The van der Waals surface area contributed by atoms with Crippen molar-refractivity contribution in [3.05, 3.63) is 0 Å². The molecule has 2 aliphatic rings. The third kappa shape index (κ3) is 3.42. The Bertz CT molecular complexity index is 201. The van der Waals surface area contributed by atoms with Crippen LogP contribution in [0, 0.1) is 0 Å².